The van der Waals surface area contributed by atoms with Crippen molar-refractivity contribution < 1.29 is 42.0 Å². The van der Waals surface area contributed by atoms with Crippen molar-refractivity contribution in [2.45, 2.75) is 78.7 Å². The number of hydrogen-bond acceptors (Lipinski definition) is 8. The Morgan fingerprint density at radius 1 is 1.20 bits per heavy atom. The maximum atomic E-state index is 15.4. The molecule has 2 amide bonds. The van der Waals surface area contributed by atoms with Crippen LogP contribution in [-0.2, 0) is 31.8 Å². The monoisotopic (exact) mass is 636 g/mol. The Labute approximate surface area is 253 Å². The minimum atomic E-state index is -4.82. The van der Waals surface area contributed by atoms with Crippen molar-refractivity contribution in [3.8, 4) is 6.07 Å². The van der Waals surface area contributed by atoms with Gasteiger partial charge in [-0.15, -0.1) is 0 Å². The fraction of sp³-hybridized carbons (Fsp3) is 0.464. The number of halogens is 2. The van der Waals surface area contributed by atoms with Crippen molar-refractivity contribution in [1.82, 2.24) is 14.5 Å². The van der Waals surface area contributed by atoms with Crippen LogP contribution in [0.25, 0.3) is 11.0 Å². The summed E-state index contributed by atoms with van der Waals surface area (Å²) in [6.07, 6.45) is 2.27. The van der Waals surface area contributed by atoms with Crippen LogP contribution >= 0.6 is 7.82 Å². The molecule has 1 atom stereocenters. The molecule has 0 aliphatic rings. The molecule has 0 saturated heterocycles. The lowest BCUT2D eigenvalue weighted by Crippen LogP contribution is -2.45. The molecule has 0 spiro atoms. The molecule has 13 nitrogen and oxygen atoms in total. The van der Waals surface area contributed by atoms with E-state index in [1.165, 1.54) is 36.9 Å². The zero-order valence-corrected chi connectivity index (χ0v) is 25.8. The number of unbranched alkanes of at least 4 members (excludes halogenated alkanes) is 3. The van der Waals surface area contributed by atoms with Crippen LogP contribution < -0.4 is 9.80 Å². The Morgan fingerprint density at radius 2 is 1.91 bits per heavy atom. The molecule has 3 aromatic rings. The molecule has 0 saturated carbocycles. The van der Waals surface area contributed by atoms with Gasteiger partial charge < -0.3 is 19.1 Å². The van der Waals surface area contributed by atoms with E-state index in [2.05, 4.69) is 14.5 Å². The molecule has 2 aromatic heterocycles. The van der Waals surface area contributed by atoms with Gasteiger partial charge >= 0.3 is 13.9 Å². The second-order valence-corrected chi connectivity index (χ2v) is 11.2. The molecule has 238 valence electrons. The van der Waals surface area contributed by atoms with E-state index in [4.69, 9.17) is 14.5 Å². The molecule has 2 heterocycles. The standard InChI is InChI=1S/C28H35F2N6O7P/c1-5-7-9-12-22(37)36(27-33-24-21(29)15-20(16-31)23(30)25(24)35(27)14-8-6-2)18(3)43-28(38)34(4)26-19(11-10-13-32-26)17-42-44(39,40)41/h10-11,13,15,18H,5-9,12,14,17H2,1-4H3,(H2,39,40,41). The maximum absolute atomic E-state index is 15.4. The highest BCUT2D eigenvalue weighted by atomic mass is 31.2. The number of ether oxygens (including phenoxy) is 1. The molecule has 0 radical (unpaired) electrons. The smallest absolute Gasteiger partial charge is 0.425 e. The normalized spacial score (nSPS) is 12.2. The number of amides is 2. The van der Waals surface area contributed by atoms with Crippen LogP contribution in [0.3, 0.4) is 0 Å². The van der Waals surface area contributed by atoms with Gasteiger partial charge in [0.15, 0.2) is 17.9 Å². The predicted molar refractivity (Wildman–Crippen MR) is 156 cm³/mol. The van der Waals surface area contributed by atoms with Crippen molar-refractivity contribution in [2.24, 2.45) is 0 Å². The fourth-order valence-electron chi connectivity index (χ4n) is 4.50. The van der Waals surface area contributed by atoms with E-state index in [1.807, 2.05) is 13.8 Å². The number of anilines is 2. The summed E-state index contributed by atoms with van der Waals surface area (Å²) in [5.74, 6) is -2.62. The summed E-state index contributed by atoms with van der Waals surface area (Å²) < 4.78 is 53.2. The molecular formula is C28H35F2N6O7P. The predicted octanol–water partition coefficient (Wildman–Crippen LogP) is 5.52. The Bertz CT molecular complexity index is 1590. The molecule has 1 aromatic carbocycles. The second-order valence-electron chi connectivity index (χ2n) is 9.96. The number of rotatable bonds is 14. The number of pyridine rings is 1. The minimum Gasteiger partial charge on any atom is -0.425 e. The van der Waals surface area contributed by atoms with Crippen LogP contribution in [0.2, 0.25) is 0 Å². The van der Waals surface area contributed by atoms with E-state index in [1.54, 1.807) is 6.07 Å². The number of phosphoric ester groups is 1. The molecule has 2 N–H and O–H groups in total. The number of nitrogens with zero attached hydrogens (tertiary/aromatic N) is 6. The number of aromatic nitrogens is 3. The Morgan fingerprint density at radius 3 is 2.55 bits per heavy atom. The SMILES string of the molecule is CCCCCC(=O)N(c1nc2c(F)cc(C#N)c(F)c2n1CCCC)C(C)OC(=O)N(C)c1ncccc1COP(=O)(O)O. The lowest BCUT2D eigenvalue weighted by atomic mass is 10.2. The van der Waals surface area contributed by atoms with Crippen LogP contribution in [-0.4, -0.2) is 49.6 Å². The van der Waals surface area contributed by atoms with Crippen molar-refractivity contribution in [3.63, 3.8) is 0 Å². The summed E-state index contributed by atoms with van der Waals surface area (Å²) in [6.45, 7) is 4.81. The van der Waals surface area contributed by atoms with Gasteiger partial charge in [-0.2, -0.15) is 5.26 Å². The summed E-state index contributed by atoms with van der Waals surface area (Å²) in [4.78, 5) is 55.5. The average molecular weight is 637 g/mol. The van der Waals surface area contributed by atoms with E-state index < -0.39 is 49.9 Å². The van der Waals surface area contributed by atoms with Gasteiger partial charge in [0.05, 0.1) is 12.2 Å². The molecule has 0 aliphatic heterocycles. The Balaban J connectivity index is 2.05. The van der Waals surface area contributed by atoms with E-state index >= 15 is 8.78 Å². The Kier molecular flexibility index (Phi) is 11.9. The molecule has 44 heavy (non-hydrogen) atoms. The lowest BCUT2D eigenvalue weighted by Gasteiger charge is -2.30. The number of carbonyl (C=O) groups is 2. The summed E-state index contributed by atoms with van der Waals surface area (Å²) in [7, 11) is -3.52. The third-order valence-corrected chi connectivity index (χ3v) is 7.17. The number of benzene rings is 1. The number of imidazole rings is 1. The average Bonchev–Trinajstić information content (AvgIpc) is 3.35. The van der Waals surface area contributed by atoms with Crippen LogP contribution in [0.5, 0.6) is 0 Å². The van der Waals surface area contributed by atoms with Crippen LogP contribution in [0, 0.1) is 23.0 Å². The van der Waals surface area contributed by atoms with Crippen molar-refractivity contribution in [3.05, 3.63) is 47.2 Å². The maximum Gasteiger partial charge on any atom is 0.469 e. The fourth-order valence-corrected chi connectivity index (χ4v) is 4.80. The quantitative estimate of drug-likeness (QED) is 0.130. The van der Waals surface area contributed by atoms with Gasteiger partial charge in [-0.25, -0.2) is 33.0 Å². The number of fused-ring (bicyclic) bond motifs is 1. The van der Waals surface area contributed by atoms with Gasteiger partial charge in [0.25, 0.3) is 0 Å². The van der Waals surface area contributed by atoms with E-state index in [9.17, 15) is 19.4 Å². The lowest BCUT2D eigenvalue weighted by molar-refractivity contribution is -0.120. The van der Waals surface area contributed by atoms with Gasteiger partial charge in [0.1, 0.15) is 22.9 Å². The van der Waals surface area contributed by atoms with E-state index in [0.717, 1.165) is 28.7 Å². The molecule has 0 aliphatic carbocycles. The van der Waals surface area contributed by atoms with Gasteiger partial charge in [0, 0.05) is 31.8 Å². The number of phosphoric acid groups is 1. The first kappa shape index (κ1) is 34.5. The molecule has 0 bridgehead atoms. The van der Waals surface area contributed by atoms with Crippen LogP contribution in [0.4, 0.5) is 25.3 Å². The molecule has 1 unspecified atom stereocenters. The highest BCUT2D eigenvalue weighted by Gasteiger charge is 2.33. The first-order chi connectivity index (χ1) is 20.8. The largest absolute Gasteiger partial charge is 0.469 e. The van der Waals surface area contributed by atoms with Crippen molar-refractivity contribution >= 4 is 42.6 Å². The molecular weight excluding hydrogens is 601 g/mol. The number of hydrogen-bond donors (Lipinski definition) is 2. The topological polar surface area (TPSA) is 171 Å². The molecule has 0 fully saturated rings. The first-order valence-corrected chi connectivity index (χ1v) is 15.6. The summed E-state index contributed by atoms with van der Waals surface area (Å²) in [5, 5.41) is 9.36. The van der Waals surface area contributed by atoms with Crippen LogP contribution in [0.15, 0.2) is 24.4 Å². The van der Waals surface area contributed by atoms with E-state index in [-0.39, 0.29) is 41.3 Å². The number of carbonyl (C=O) groups excluding carboxylic acids is 2. The van der Waals surface area contributed by atoms with Gasteiger partial charge in [0.2, 0.25) is 11.9 Å². The zero-order chi connectivity index (χ0) is 32.6. The third kappa shape index (κ3) is 8.15. The highest BCUT2D eigenvalue weighted by Crippen LogP contribution is 2.38. The Hall–Kier alpha value is -3.96. The summed E-state index contributed by atoms with van der Waals surface area (Å²) in [5.41, 5.74) is -1.01. The first-order valence-electron chi connectivity index (χ1n) is 14.0. The van der Waals surface area contributed by atoms with Crippen LogP contribution in [0.1, 0.15) is 70.4 Å². The molecule has 16 heteroatoms. The van der Waals surface area contributed by atoms with Gasteiger partial charge in [-0.3, -0.25) is 14.2 Å². The van der Waals surface area contributed by atoms with Gasteiger partial charge in [-0.05, 0) is 31.9 Å². The van der Waals surface area contributed by atoms with E-state index in [0.29, 0.717) is 19.3 Å². The van der Waals surface area contributed by atoms with Gasteiger partial charge in [-0.1, -0.05) is 39.2 Å². The van der Waals surface area contributed by atoms with Crippen molar-refractivity contribution in [1.29, 1.82) is 5.26 Å². The van der Waals surface area contributed by atoms with Crippen molar-refractivity contribution in [2.75, 3.05) is 16.8 Å². The zero-order valence-electron chi connectivity index (χ0n) is 24.9. The molecule has 3 rings (SSSR count). The highest BCUT2D eigenvalue weighted by molar-refractivity contribution is 7.46. The second kappa shape index (κ2) is 15.2. The summed E-state index contributed by atoms with van der Waals surface area (Å²) in [6, 6.07) is 5.31. The number of nitriles is 1. The minimum absolute atomic E-state index is 0.0256. The third-order valence-electron chi connectivity index (χ3n) is 6.71. The number of aryl methyl sites for hydroxylation is 1. The summed E-state index contributed by atoms with van der Waals surface area (Å²) >= 11 is 0.